The molecule has 0 radical (unpaired) electrons. The zero-order chi connectivity index (χ0) is 13.9. The molecule has 0 aliphatic carbocycles. The third kappa shape index (κ3) is 3.37. The van der Waals surface area contributed by atoms with E-state index in [-0.39, 0.29) is 0 Å². The Morgan fingerprint density at radius 3 is 2.75 bits per heavy atom. The molecule has 112 valence electrons. The summed E-state index contributed by atoms with van der Waals surface area (Å²) in [6.45, 7) is 12.0. The molecule has 0 aromatic carbocycles. The number of piperazine rings is 1. The monoisotopic (exact) mass is 279 g/mol. The van der Waals surface area contributed by atoms with Gasteiger partial charge in [0.05, 0.1) is 6.54 Å². The Morgan fingerprint density at radius 2 is 2.05 bits per heavy atom. The standard InChI is InChI=1S/C14H25N5O/c1-11(2)7-13-16-14(20-17-13)10-18-8-12(9-18)19-5-3-15-4-6-19/h11-12,15H,3-10H2,1-2H3. The lowest BCUT2D eigenvalue weighted by Gasteiger charge is -2.46. The van der Waals surface area contributed by atoms with Crippen molar-refractivity contribution in [2.75, 3.05) is 39.3 Å². The van der Waals surface area contributed by atoms with Crippen molar-refractivity contribution in [3.63, 3.8) is 0 Å². The van der Waals surface area contributed by atoms with Crippen molar-refractivity contribution >= 4 is 0 Å². The SMILES string of the molecule is CC(C)Cc1noc(CN2CC(N3CCNCC3)C2)n1. The van der Waals surface area contributed by atoms with E-state index in [4.69, 9.17) is 4.52 Å². The van der Waals surface area contributed by atoms with Crippen LogP contribution in [0.3, 0.4) is 0 Å². The molecule has 2 aliphatic rings. The van der Waals surface area contributed by atoms with Crippen LogP contribution < -0.4 is 5.32 Å². The number of nitrogens with one attached hydrogen (secondary N) is 1. The van der Waals surface area contributed by atoms with Crippen LogP contribution in [-0.4, -0.2) is 65.3 Å². The average molecular weight is 279 g/mol. The molecule has 0 bridgehead atoms. The molecular formula is C14H25N5O. The summed E-state index contributed by atoms with van der Waals surface area (Å²) in [4.78, 5) is 9.44. The van der Waals surface area contributed by atoms with E-state index < -0.39 is 0 Å². The lowest BCUT2D eigenvalue weighted by Crippen LogP contribution is -2.62. The highest BCUT2D eigenvalue weighted by atomic mass is 16.5. The first-order valence-corrected chi connectivity index (χ1v) is 7.69. The van der Waals surface area contributed by atoms with Crippen LogP contribution in [0.25, 0.3) is 0 Å². The minimum Gasteiger partial charge on any atom is -0.338 e. The van der Waals surface area contributed by atoms with E-state index in [2.05, 4.69) is 39.1 Å². The van der Waals surface area contributed by atoms with Crippen molar-refractivity contribution in [2.45, 2.75) is 32.9 Å². The molecule has 0 saturated carbocycles. The van der Waals surface area contributed by atoms with E-state index in [1.54, 1.807) is 0 Å². The highest BCUT2D eigenvalue weighted by Crippen LogP contribution is 2.18. The van der Waals surface area contributed by atoms with Gasteiger partial charge in [0.15, 0.2) is 5.82 Å². The largest absolute Gasteiger partial charge is 0.338 e. The first kappa shape index (κ1) is 14.0. The quantitative estimate of drug-likeness (QED) is 0.840. The van der Waals surface area contributed by atoms with Gasteiger partial charge in [0, 0.05) is 51.7 Å². The van der Waals surface area contributed by atoms with E-state index in [1.807, 2.05) is 0 Å². The lowest BCUT2D eigenvalue weighted by atomic mass is 10.1. The number of hydrogen-bond donors (Lipinski definition) is 1. The average Bonchev–Trinajstić information content (AvgIpc) is 2.81. The maximum absolute atomic E-state index is 5.33. The van der Waals surface area contributed by atoms with Crippen molar-refractivity contribution in [1.29, 1.82) is 0 Å². The van der Waals surface area contributed by atoms with Crippen LogP contribution in [0, 0.1) is 5.92 Å². The summed E-state index contributed by atoms with van der Waals surface area (Å²) in [5, 5.41) is 7.44. The lowest BCUT2D eigenvalue weighted by molar-refractivity contribution is 0.0165. The van der Waals surface area contributed by atoms with Crippen molar-refractivity contribution < 1.29 is 4.52 Å². The smallest absolute Gasteiger partial charge is 0.240 e. The Labute approximate surface area is 120 Å². The van der Waals surface area contributed by atoms with Gasteiger partial charge in [0.2, 0.25) is 5.89 Å². The third-order valence-electron chi connectivity index (χ3n) is 4.07. The molecular weight excluding hydrogens is 254 g/mol. The van der Waals surface area contributed by atoms with Gasteiger partial charge in [0.1, 0.15) is 0 Å². The highest BCUT2D eigenvalue weighted by molar-refractivity contribution is 4.93. The Kier molecular flexibility index (Phi) is 4.33. The molecule has 2 aliphatic heterocycles. The van der Waals surface area contributed by atoms with Gasteiger partial charge in [-0.25, -0.2) is 0 Å². The molecule has 1 N–H and O–H groups in total. The molecule has 1 aromatic heterocycles. The first-order chi connectivity index (χ1) is 9.70. The van der Waals surface area contributed by atoms with Gasteiger partial charge in [0.25, 0.3) is 0 Å². The molecule has 6 nitrogen and oxygen atoms in total. The highest BCUT2D eigenvalue weighted by Gasteiger charge is 2.33. The molecule has 2 saturated heterocycles. The molecule has 3 rings (SSSR count). The van der Waals surface area contributed by atoms with Crippen molar-refractivity contribution in [2.24, 2.45) is 5.92 Å². The van der Waals surface area contributed by atoms with Gasteiger partial charge in [-0.2, -0.15) is 4.98 Å². The summed E-state index contributed by atoms with van der Waals surface area (Å²) in [5.41, 5.74) is 0. The van der Waals surface area contributed by atoms with Crippen molar-refractivity contribution in [3.8, 4) is 0 Å². The summed E-state index contributed by atoms with van der Waals surface area (Å²) in [5.74, 6) is 2.18. The van der Waals surface area contributed by atoms with Crippen molar-refractivity contribution in [3.05, 3.63) is 11.7 Å². The normalized spacial score (nSPS) is 22.4. The molecule has 0 amide bonds. The van der Waals surface area contributed by atoms with Crippen LogP contribution in [0.4, 0.5) is 0 Å². The Balaban J connectivity index is 1.43. The predicted molar refractivity (Wildman–Crippen MR) is 76.3 cm³/mol. The topological polar surface area (TPSA) is 57.4 Å². The van der Waals surface area contributed by atoms with Gasteiger partial charge in [-0.3, -0.25) is 9.80 Å². The van der Waals surface area contributed by atoms with Crippen LogP contribution in [0.1, 0.15) is 25.6 Å². The number of hydrogen-bond acceptors (Lipinski definition) is 6. The van der Waals surface area contributed by atoms with Gasteiger partial charge in [-0.1, -0.05) is 19.0 Å². The maximum atomic E-state index is 5.33. The van der Waals surface area contributed by atoms with E-state index in [9.17, 15) is 0 Å². The zero-order valence-corrected chi connectivity index (χ0v) is 12.5. The van der Waals surface area contributed by atoms with Gasteiger partial charge >= 0.3 is 0 Å². The number of nitrogens with zero attached hydrogens (tertiary/aromatic N) is 4. The van der Waals surface area contributed by atoms with Crippen LogP contribution in [0.2, 0.25) is 0 Å². The van der Waals surface area contributed by atoms with Crippen LogP contribution >= 0.6 is 0 Å². The van der Waals surface area contributed by atoms with E-state index in [0.717, 1.165) is 56.9 Å². The molecule has 6 heteroatoms. The van der Waals surface area contributed by atoms with Crippen LogP contribution in [-0.2, 0) is 13.0 Å². The van der Waals surface area contributed by atoms with Gasteiger partial charge in [-0.05, 0) is 5.92 Å². The van der Waals surface area contributed by atoms with Crippen LogP contribution in [0.15, 0.2) is 4.52 Å². The predicted octanol–water partition coefficient (Wildman–Crippen LogP) is 0.358. The molecule has 0 unspecified atom stereocenters. The molecule has 20 heavy (non-hydrogen) atoms. The fraction of sp³-hybridized carbons (Fsp3) is 0.857. The zero-order valence-electron chi connectivity index (χ0n) is 12.5. The van der Waals surface area contributed by atoms with Crippen molar-refractivity contribution in [1.82, 2.24) is 25.3 Å². The molecule has 3 heterocycles. The van der Waals surface area contributed by atoms with E-state index in [0.29, 0.717) is 5.92 Å². The third-order valence-corrected chi connectivity index (χ3v) is 4.07. The van der Waals surface area contributed by atoms with E-state index in [1.165, 1.54) is 13.1 Å². The van der Waals surface area contributed by atoms with E-state index >= 15 is 0 Å². The molecule has 0 atom stereocenters. The van der Waals surface area contributed by atoms with Crippen LogP contribution in [0.5, 0.6) is 0 Å². The summed E-state index contributed by atoms with van der Waals surface area (Å²) in [6, 6.07) is 0.718. The Bertz CT molecular complexity index is 421. The summed E-state index contributed by atoms with van der Waals surface area (Å²) < 4.78 is 5.33. The second-order valence-corrected chi connectivity index (χ2v) is 6.34. The molecule has 0 spiro atoms. The fourth-order valence-corrected chi connectivity index (χ4v) is 2.94. The second kappa shape index (κ2) is 6.20. The summed E-state index contributed by atoms with van der Waals surface area (Å²) >= 11 is 0. The second-order valence-electron chi connectivity index (χ2n) is 6.34. The maximum Gasteiger partial charge on any atom is 0.240 e. The van der Waals surface area contributed by atoms with Gasteiger partial charge < -0.3 is 9.84 Å². The fourth-order valence-electron chi connectivity index (χ4n) is 2.94. The first-order valence-electron chi connectivity index (χ1n) is 7.69. The minimum absolute atomic E-state index is 0.571. The Morgan fingerprint density at radius 1 is 1.30 bits per heavy atom. The minimum atomic E-state index is 0.571. The Hall–Kier alpha value is -0.980. The molecule has 1 aromatic rings. The number of likely N-dealkylation sites (tertiary alicyclic amines) is 1. The number of rotatable bonds is 5. The summed E-state index contributed by atoms with van der Waals surface area (Å²) in [6.07, 6.45) is 0.896. The molecule has 2 fully saturated rings. The van der Waals surface area contributed by atoms with Gasteiger partial charge in [-0.15, -0.1) is 0 Å². The summed E-state index contributed by atoms with van der Waals surface area (Å²) in [7, 11) is 0. The number of aromatic nitrogens is 2.